The van der Waals surface area contributed by atoms with Gasteiger partial charge in [-0.3, -0.25) is 13.7 Å². The summed E-state index contributed by atoms with van der Waals surface area (Å²) in [6.07, 6.45) is 2.83. The molecule has 0 bridgehead atoms. The second-order valence-electron chi connectivity index (χ2n) is 6.39. The van der Waals surface area contributed by atoms with Crippen molar-refractivity contribution in [1.29, 1.82) is 0 Å². The number of carbonyl (C=O) groups is 1. The van der Waals surface area contributed by atoms with Crippen LogP contribution in [0.3, 0.4) is 0 Å². The van der Waals surface area contributed by atoms with Crippen molar-refractivity contribution in [2.24, 2.45) is 5.92 Å². The molecule has 2 rings (SSSR count). The number of hydrogen-bond donors (Lipinski definition) is 1. The highest BCUT2D eigenvalue weighted by Gasteiger charge is 2.53. The van der Waals surface area contributed by atoms with Gasteiger partial charge >= 0.3 is 0 Å². The Hall–Kier alpha value is -1.67. The van der Waals surface area contributed by atoms with Crippen molar-refractivity contribution in [2.45, 2.75) is 32.1 Å². The maximum atomic E-state index is 12.3. The lowest BCUT2D eigenvalue weighted by Crippen LogP contribution is -2.36. The average Bonchev–Trinajstić information content (AvgIpc) is 3.25. The van der Waals surface area contributed by atoms with Gasteiger partial charge < -0.3 is 14.2 Å². The van der Waals surface area contributed by atoms with Gasteiger partial charge in [0.05, 0.1) is 23.9 Å². The number of aromatic nitrogens is 1. The van der Waals surface area contributed by atoms with Gasteiger partial charge in [-0.15, -0.1) is 0 Å². The van der Waals surface area contributed by atoms with Gasteiger partial charge in [-0.1, -0.05) is 13.8 Å². The van der Waals surface area contributed by atoms with E-state index in [4.69, 9.17) is 4.74 Å². The van der Waals surface area contributed by atoms with Crippen LogP contribution in [0.15, 0.2) is 12.3 Å². The van der Waals surface area contributed by atoms with E-state index in [1.54, 1.807) is 6.20 Å². The summed E-state index contributed by atoms with van der Waals surface area (Å²) in [5, 5.41) is 0. The van der Waals surface area contributed by atoms with E-state index in [1.807, 2.05) is 43.6 Å². The Morgan fingerprint density at radius 2 is 2.17 bits per heavy atom. The molecule has 128 valence electrons. The Morgan fingerprint density at radius 1 is 1.52 bits per heavy atom. The molecule has 0 saturated heterocycles. The van der Waals surface area contributed by atoms with E-state index < -0.39 is 22.6 Å². The zero-order valence-electron chi connectivity index (χ0n) is 13.8. The zero-order valence-corrected chi connectivity index (χ0v) is 14.6. The lowest BCUT2D eigenvalue weighted by molar-refractivity contribution is -0.121. The van der Waals surface area contributed by atoms with E-state index in [1.165, 1.54) is 0 Å². The van der Waals surface area contributed by atoms with Gasteiger partial charge in [0.25, 0.3) is 0 Å². The van der Waals surface area contributed by atoms with Crippen LogP contribution in [0, 0.1) is 5.92 Å². The molecule has 7 nitrogen and oxygen atoms in total. The Bertz CT molecular complexity index is 615. The fourth-order valence-corrected chi connectivity index (χ4v) is 2.65. The van der Waals surface area contributed by atoms with Crippen molar-refractivity contribution < 1.29 is 18.3 Å². The molecule has 0 aliphatic heterocycles. The van der Waals surface area contributed by atoms with Crippen LogP contribution in [-0.4, -0.2) is 40.4 Å². The molecule has 1 aliphatic carbocycles. The van der Waals surface area contributed by atoms with Gasteiger partial charge in [-0.2, -0.15) is 0 Å². The number of rotatable bonds is 7. The Morgan fingerprint density at radius 3 is 2.65 bits per heavy atom. The second-order valence-corrected chi connectivity index (χ2v) is 7.07. The van der Waals surface area contributed by atoms with Crippen LogP contribution in [0.5, 0.6) is 5.88 Å². The quantitative estimate of drug-likeness (QED) is 0.748. The molecule has 23 heavy (non-hydrogen) atoms. The first-order chi connectivity index (χ1) is 10.8. The van der Waals surface area contributed by atoms with Gasteiger partial charge in [0.1, 0.15) is 0 Å². The number of carbonyl (C=O) groups excluding carboxylic acids is 1. The predicted octanol–water partition coefficient (Wildman–Crippen LogP) is 1.12. The molecule has 1 aromatic heterocycles. The minimum atomic E-state index is -2.63. The predicted molar refractivity (Wildman–Crippen MR) is 86.9 cm³/mol. The lowest BCUT2D eigenvalue weighted by atomic mass is 9.96. The molecular weight excluding hydrogens is 318 g/mol. The molecule has 1 atom stereocenters. The van der Waals surface area contributed by atoms with Gasteiger partial charge in [-0.05, 0) is 24.8 Å². The molecule has 8 heteroatoms. The van der Waals surface area contributed by atoms with Crippen molar-refractivity contribution >= 4 is 22.9 Å². The lowest BCUT2D eigenvalue weighted by Gasteiger charge is -2.22. The minimum absolute atomic E-state index is 0.316. The highest BCUT2D eigenvalue weighted by atomic mass is 32.2. The van der Waals surface area contributed by atoms with E-state index in [0.29, 0.717) is 36.8 Å². The summed E-state index contributed by atoms with van der Waals surface area (Å²) in [5.41, 5.74) is 0.609. The summed E-state index contributed by atoms with van der Waals surface area (Å²) >= 11 is -2.63. The van der Waals surface area contributed by atoms with Gasteiger partial charge in [0, 0.05) is 30.9 Å². The fourth-order valence-electron chi connectivity index (χ4n) is 2.31. The highest BCUT2D eigenvalue weighted by molar-refractivity contribution is 7.77. The van der Waals surface area contributed by atoms with Crippen molar-refractivity contribution in [3.63, 3.8) is 0 Å². The van der Waals surface area contributed by atoms with E-state index in [0.717, 1.165) is 5.69 Å². The summed E-state index contributed by atoms with van der Waals surface area (Å²) in [6, 6.07) is 1.85. The number of nitrogens with one attached hydrogen (secondary N) is 1. The number of ether oxygens (including phenoxy) is 1. The van der Waals surface area contributed by atoms with Crippen molar-refractivity contribution in [3.05, 3.63) is 17.8 Å². The topological polar surface area (TPSA) is 94.6 Å². The number of nitrogens with zero attached hydrogens (tertiary/aromatic N) is 2. The number of pyridine rings is 1. The number of hydrogen-bond acceptors (Lipinski definition) is 6. The maximum Gasteiger partial charge on any atom is 0.241 e. The van der Waals surface area contributed by atoms with Crippen molar-refractivity contribution in [1.82, 2.24) is 9.71 Å². The van der Waals surface area contributed by atoms with Gasteiger partial charge in [-0.25, -0.2) is 4.98 Å². The molecular formula is C15H22N3O4S-. The molecule has 1 unspecified atom stereocenters. The van der Waals surface area contributed by atoms with Crippen molar-refractivity contribution in [3.8, 4) is 5.88 Å². The van der Waals surface area contributed by atoms with Crippen LogP contribution >= 0.6 is 0 Å². The Kier molecular flexibility index (Phi) is 5.26. The molecule has 0 aromatic carbocycles. The molecule has 1 N–H and O–H groups in total. The Labute approximate surface area is 138 Å². The monoisotopic (exact) mass is 340 g/mol. The standard InChI is InChI=1S/C15H23N3O4S/c1-10(2)9-22-13-12(7-11(8-16-13)18(3)4)15(5-6-15)14(19)17-23(20)21/h7-8,10H,5-6,9H2,1-4H3,(H,17,19)(H,20,21)/p-1. The van der Waals surface area contributed by atoms with Gasteiger partial charge in [0.15, 0.2) is 0 Å². The molecule has 1 aliphatic rings. The average molecular weight is 340 g/mol. The van der Waals surface area contributed by atoms with E-state index in [-0.39, 0.29) is 0 Å². The first kappa shape index (κ1) is 17.7. The third-order valence-electron chi connectivity index (χ3n) is 3.78. The molecule has 0 spiro atoms. The van der Waals surface area contributed by atoms with Crippen LogP contribution in [0.4, 0.5) is 5.69 Å². The minimum Gasteiger partial charge on any atom is -0.755 e. The summed E-state index contributed by atoms with van der Waals surface area (Å²) in [7, 11) is 3.75. The number of anilines is 1. The third-order valence-corrected chi connectivity index (χ3v) is 4.13. The molecule has 1 amide bonds. The summed E-state index contributed by atoms with van der Waals surface area (Å²) < 4.78 is 29.3. The first-order valence-corrected chi connectivity index (χ1v) is 8.55. The van der Waals surface area contributed by atoms with Gasteiger partial charge in [0.2, 0.25) is 11.8 Å². The molecule has 1 heterocycles. The zero-order chi connectivity index (χ0) is 17.2. The Balaban J connectivity index is 2.38. The van der Waals surface area contributed by atoms with E-state index in [2.05, 4.69) is 4.98 Å². The van der Waals surface area contributed by atoms with Crippen molar-refractivity contribution in [2.75, 3.05) is 25.6 Å². The van der Waals surface area contributed by atoms with Crippen LogP contribution in [0.2, 0.25) is 0 Å². The maximum absolute atomic E-state index is 12.3. The van der Waals surface area contributed by atoms with Crippen LogP contribution < -0.4 is 14.4 Å². The van der Waals surface area contributed by atoms with Crippen LogP contribution in [0.1, 0.15) is 32.3 Å². The first-order valence-electron chi connectivity index (χ1n) is 7.47. The SMILES string of the molecule is CC(C)COc1ncc(N(C)C)cc1C1(C(=O)NS(=O)[O-])CC1. The molecule has 1 fully saturated rings. The fraction of sp³-hybridized carbons (Fsp3) is 0.600. The molecule has 1 aromatic rings. The normalized spacial score (nSPS) is 16.8. The van der Waals surface area contributed by atoms with E-state index >= 15 is 0 Å². The summed E-state index contributed by atoms with van der Waals surface area (Å²) in [4.78, 5) is 18.5. The van der Waals surface area contributed by atoms with Crippen LogP contribution in [-0.2, 0) is 21.5 Å². The highest BCUT2D eigenvalue weighted by Crippen LogP contribution is 2.51. The van der Waals surface area contributed by atoms with E-state index in [9.17, 15) is 13.6 Å². The summed E-state index contributed by atoms with van der Waals surface area (Å²) in [5.74, 6) is 0.183. The second kappa shape index (κ2) is 6.84. The number of amides is 1. The third kappa shape index (κ3) is 4.00. The summed E-state index contributed by atoms with van der Waals surface area (Å²) in [6.45, 7) is 4.52. The molecule has 1 saturated carbocycles. The van der Waals surface area contributed by atoms with Crippen LogP contribution in [0.25, 0.3) is 0 Å². The largest absolute Gasteiger partial charge is 0.755 e. The molecule has 0 radical (unpaired) electrons. The smallest absolute Gasteiger partial charge is 0.241 e.